The molecule has 30 heavy (non-hydrogen) atoms. The molecular weight excluding hydrogens is 374 g/mol. The minimum Gasteiger partial charge on any atom is -0.349 e. The molecule has 3 aromatic rings. The number of carbonyl (C=O) groups excluding carboxylic acids is 2. The Morgan fingerprint density at radius 2 is 1.67 bits per heavy atom. The van der Waals surface area contributed by atoms with Crippen LogP contribution >= 0.6 is 0 Å². The van der Waals surface area contributed by atoms with Crippen molar-refractivity contribution in [2.75, 3.05) is 13.1 Å². The molecule has 4 rings (SSSR count). The van der Waals surface area contributed by atoms with E-state index in [0.29, 0.717) is 18.7 Å². The zero-order valence-electron chi connectivity index (χ0n) is 17.5. The Morgan fingerprint density at radius 3 is 2.37 bits per heavy atom. The number of para-hydroxylation sites is 1. The number of piperidine rings is 1. The van der Waals surface area contributed by atoms with Crippen molar-refractivity contribution in [3.8, 4) is 0 Å². The first-order valence-electron chi connectivity index (χ1n) is 10.6. The number of rotatable bonds is 4. The molecule has 5 nitrogen and oxygen atoms in total. The molecule has 1 aliphatic rings. The predicted molar refractivity (Wildman–Crippen MR) is 119 cm³/mol. The summed E-state index contributed by atoms with van der Waals surface area (Å²) >= 11 is 0. The van der Waals surface area contributed by atoms with Gasteiger partial charge >= 0.3 is 0 Å². The van der Waals surface area contributed by atoms with Crippen molar-refractivity contribution in [3.05, 3.63) is 77.5 Å². The number of pyridine rings is 1. The fraction of sp³-hybridized carbons (Fsp3) is 0.320. The van der Waals surface area contributed by atoms with Crippen LogP contribution in [0.5, 0.6) is 0 Å². The molecule has 0 saturated carbocycles. The minimum atomic E-state index is -0.0536. The Balaban J connectivity index is 1.46. The highest BCUT2D eigenvalue weighted by atomic mass is 16.2. The molecule has 0 atom stereocenters. The van der Waals surface area contributed by atoms with Gasteiger partial charge < -0.3 is 10.2 Å². The van der Waals surface area contributed by atoms with Crippen LogP contribution in [-0.2, 0) is 0 Å². The molecule has 2 aromatic carbocycles. The summed E-state index contributed by atoms with van der Waals surface area (Å²) in [5.41, 5.74) is 3.18. The average Bonchev–Trinajstić information content (AvgIpc) is 2.79. The highest BCUT2D eigenvalue weighted by Crippen LogP contribution is 2.25. The van der Waals surface area contributed by atoms with Gasteiger partial charge in [-0.3, -0.25) is 14.6 Å². The van der Waals surface area contributed by atoms with E-state index in [9.17, 15) is 9.59 Å². The Bertz CT molecular complexity index is 1050. The second kappa shape index (κ2) is 8.66. The molecule has 2 heterocycles. The lowest BCUT2D eigenvalue weighted by Gasteiger charge is -2.32. The first kappa shape index (κ1) is 20.1. The summed E-state index contributed by atoms with van der Waals surface area (Å²) in [5, 5.41) is 4.00. The van der Waals surface area contributed by atoms with Crippen LogP contribution in [0.2, 0.25) is 0 Å². The predicted octanol–water partition coefficient (Wildman–Crippen LogP) is 4.39. The quantitative estimate of drug-likeness (QED) is 0.705. The fourth-order valence-corrected chi connectivity index (χ4v) is 3.92. The van der Waals surface area contributed by atoms with Crippen molar-refractivity contribution in [1.29, 1.82) is 0 Å². The van der Waals surface area contributed by atoms with E-state index >= 15 is 0 Å². The Morgan fingerprint density at radius 1 is 1.00 bits per heavy atom. The highest BCUT2D eigenvalue weighted by molar-refractivity contribution is 6.06. The van der Waals surface area contributed by atoms with Crippen molar-refractivity contribution in [1.82, 2.24) is 15.2 Å². The summed E-state index contributed by atoms with van der Waals surface area (Å²) in [7, 11) is 0. The van der Waals surface area contributed by atoms with Crippen LogP contribution in [0, 0.1) is 0 Å². The molecule has 1 saturated heterocycles. The molecular formula is C25H27N3O2. The van der Waals surface area contributed by atoms with Crippen LogP contribution in [0.1, 0.15) is 59.0 Å². The lowest BCUT2D eigenvalue weighted by molar-refractivity contribution is 0.0700. The van der Waals surface area contributed by atoms with Gasteiger partial charge in [0.1, 0.15) is 0 Å². The normalized spacial score (nSPS) is 14.8. The number of hydrogen-bond donors (Lipinski definition) is 1. The van der Waals surface area contributed by atoms with E-state index in [0.717, 1.165) is 35.0 Å². The van der Waals surface area contributed by atoms with E-state index in [1.54, 1.807) is 0 Å². The molecule has 0 aliphatic carbocycles. The Labute approximate surface area is 177 Å². The third kappa shape index (κ3) is 4.20. The second-order valence-corrected chi connectivity index (χ2v) is 8.17. The van der Waals surface area contributed by atoms with Crippen LogP contribution in [0.4, 0.5) is 0 Å². The maximum absolute atomic E-state index is 13.3. The first-order valence-corrected chi connectivity index (χ1v) is 10.6. The number of fused-ring (bicyclic) bond motifs is 1. The van der Waals surface area contributed by atoms with Crippen molar-refractivity contribution >= 4 is 22.7 Å². The molecule has 2 amide bonds. The van der Waals surface area contributed by atoms with E-state index in [2.05, 4.69) is 19.2 Å². The minimum absolute atomic E-state index is 0.0448. The van der Waals surface area contributed by atoms with Crippen LogP contribution in [0.3, 0.4) is 0 Å². The number of amides is 2. The number of hydrogen-bond acceptors (Lipinski definition) is 3. The molecule has 154 valence electrons. The zero-order valence-corrected chi connectivity index (χ0v) is 17.5. The number of carbonyl (C=O) groups is 2. The van der Waals surface area contributed by atoms with Crippen LogP contribution in [0.15, 0.2) is 60.7 Å². The number of likely N-dealkylation sites (tertiary alicyclic amines) is 1. The highest BCUT2D eigenvalue weighted by Gasteiger charge is 2.26. The standard InChI is InChI=1S/C25H27N3O2/c1-17(2)23-16-21(20-10-6-7-11-22(20)27-23)25(30)28-14-12-19(13-15-28)26-24(29)18-8-4-3-5-9-18/h3-11,16-17,19H,12-15H2,1-2H3,(H,26,29). The van der Waals surface area contributed by atoms with E-state index in [-0.39, 0.29) is 23.8 Å². The summed E-state index contributed by atoms with van der Waals surface area (Å²) in [5.74, 6) is 0.241. The van der Waals surface area contributed by atoms with Crippen LogP contribution in [0.25, 0.3) is 10.9 Å². The second-order valence-electron chi connectivity index (χ2n) is 8.17. The molecule has 0 radical (unpaired) electrons. The summed E-state index contributed by atoms with van der Waals surface area (Å²) < 4.78 is 0. The molecule has 0 spiro atoms. The Kier molecular flexibility index (Phi) is 5.79. The average molecular weight is 402 g/mol. The fourth-order valence-electron chi connectivity index (χ4n) is 3.92. The van der Waals surface area contributed by atoms with Crippen molar-refractivity contribution in [2.24, 2.45) is 0 Å². The largest absolute Gasteiger partial charge is 0.349 e. The van der Waals surface area contributed by atoms with Gasteiger partial charge in [0.25, 0.3) is 11.8 Å². The number of nitrogens with one attached hydrogen (secondary N) is 1. The maximum Gasteiger partial charge on any atom is 0.254 e. The Hall–Kier alpha value is -3.21. The first-order chi connectivity index (χ1) is 14.5. The lowest BCUT2D eigenvalue weighted by atomic mass is 9.99. The smallest absolute Gasteiger partial charge is 0.254 e. The van der Waals surface area contributed by atoms with Gasteiger partial charge in [-0.1, -0.05) is 50.2 Å². The van der Waals surface area contributed by atoms with Crippen molar-refractivity contribution in [3.63, 3.8) is 0 Å². The van der Waals surface area contributed by atoms with Gasteiger partial charge in [-0.05, 0) is 43.0 Å². The summed E-state index contributed by atoms with van der Waals surface area (Å²) in [6, 6.07) is 19.1. The van der Waals surface area contributed by atoms with Gasteiger partial charge in [-0.15, -0.1) is 0 Å². The van der Waals surface area contributed by atoms with E-state index in [1.807, 2.05) is 65.6 Å². The number of aromatic nitrogens is 1. The van der Waals surface area contributed by atoms with Gasteiger partial charge in [-0.25, -0.2) is 0 Å². The van der Waals surface area contributed by atoms with Gasteiger partial charge in [0.15, 0.2) is 0 Å². The monoisotopic (exact) mass is 401 g/mol. The molecule has 1 aliphatic heterocycles. The van der Waals surface area contributed by atoms with Crippen molar-refractivity contribution < 1.29 is 9.59 Å². The number of benzene rings is 2. The molecule has 1 aromatic heterocycles. The summed E-state index contributed by atoms with van der Waals surface area (Å²) in [4.78, 5) is 32.4. The van der Waals surface area contributed by atoms with Gasteiger partial charge in [0.05, 0.1) is 11.1 Å². The topological polar surface area (TPSA) is 62.3 Å². The molecule has 1 fully saturated rings. The third-order valence-electron chi connectivity index (χ3n) is 5.71. The van der Waals surface area contributed by atoms with Gasteiger partial charge in [-0.2, -0.15) is 0 Å². The lowest BCUT2D eigenvalue weighted by Crippen LogP contribution is -2.46. The van der Waals surface area contributed by atoms with E-state index < -0.39 is 0 Å². The van der Waals surface area contributed by atoms with Crippen molar-refractivity contribution in [2.45, 2.75) is 38.6 Å². The van der Waals surface area contributed by atoms with E-state index in [1.165, 1.54) is 0 Å². The van der Waals surface area contributed by atoms with Gasteiger partial charge in [0, 0.05) is 35.8 Å². The summed E-state index contributed by atoms with van der Waals surface area (Å²) in [6.07, 6.45) is 1.51. The van der Waals surface area contributed by atoms with E-state index in [4.69, 9.17) is 4.98 Å². The molecule has 0 unspecified atom stereocenters. The zero-order chi connectivity index (χ0) is 21.1. The number of nitrogens with zero attached hydrogens (tertiary/aromatic N) is 2. The molecule has 5 heteroatoms. The molecule has 1 N–H and O–H groups in total. The van der Waals surface area contributed by atoms with Crippen LogP contribution in [-0.4, -0.2) is 40.8 Å². The third-order valence-corrected chi connectivity index (χ3v) is 5.71. The van der Waals surface area contributed by atoms with Gasteiger partial charge in [0.2, 0.25) is 0 Å². The van der Waals surface area contributed by atoms with Crippen LogP contribution < -0.4 is 5.32 Å². The summed E-state index contributed by atoms with van der Waals surface area (Å²) in [6.45, 7) is 5.44. The maximum atomic E-state index is 13.3. The SMILES string of the molecule is CC(C)c1cc(C(=O)N2CCC(NC(=O)c3ccccc3)CC2)c2ccccc2n1. The molecule has 0 bridgehead atoms.